The smallest absolute Gasteiger partial charge is 0.262 e. The van der Waals surface area contributed by atoms with Gasteiger partial charge in [0.15, 0.2) is 6.61 Å². The molecule has 6 nitrogen and oxygen atoms in total. The van der Waals surface area contributed by atoms with Gasteiger partial charge in [-0.2, -0.15) is 0 Å². The highest BCUT2D eigenvalue weighted by Crippen LogP contribution is 2.25. The molecule has 0 spiro atoms. The Labute approximate surface area is 156 Å². The second-order valence-corrected chi connectivity index (χ2v) is 6.07. The monoisotopic (exact) mass is 358 g/mol. The van der Waals surface area contributed by atoms with Crippen LogP contribution in [0.5, 0.6) is 5.75 Å². The maximum absolute atomic E-state index is 12.2. The van der Waals surface area contributed by atoms with Gasteiger partial charge in [0.1, 0.15) is 5.75 Å². The van der Waals surface area contributed by atoms with Crippen LogP contribution in [0.15, 0.2) is 73.1 Å². The molecule has 0 saturated carbocycles. The van der Waals surface area contributed by atoms with E-state index in [0.29, 0.717) is 17.2 Å². The predicted molar refractivity (Wildman–Crippen MR) is 104 cm³/mol. The number of hydrogen-bond acceptors (Lipinski definition) is 4. The lowest BCUT2D eigenvalue weighted by atomic mass is 10.1. The van der Waals surface area contributed by atoms with Gasteiger partial charge in [-0.3, -0.25) is 9.20 Å². The summed E-state index contributed by atoms with van der Waals surface area (Å²) in [5.41, 5.74) is 3.44. The number of benzene rings is 2. The number of fused-ring (bicyclic) bond motifs is 1. The highest BCUT2D eigenvalue weighted by atomic mass is 16.5. The molecule has 6 heteroatoms. The van der Waals surface area contributed by atoms with E-state index in [1.54, 1.807) is 6.20 Å². The van der Waals surface area contributed by atoms with Crippen molar-refractivity contribution in [3.05, 3.63) is 78.8 Å². The normalized spacial score (nSPS) is 10.7. The largest absolute Gasteiger partial charge is 0.484 e. The van der Waals surface area contributed by atoms with E-state index in [4.69, 9.17) is 4.74 Å². The number of carbonyl (C=O) groups excluding carboxylic acids is 1. The molecule has 2 aromatic carbocycles. The first kappa shape index (κ1) is 16.8. The zero-order valence-electron chi connectivity index (χ0n) is 14.8. The molecule has 0 fully saturated rings. The minimum absolute atomic E-state index is 0.0500. The number of para-hydroxylation sites is 1. The van der Waals surface area contributed by atoms with Crippen molar-refractivity contribution in [2.24, 2.45) is 0 Å². The van der Waals surface area contributed by atoms with Crippen molar-refractivity contribution in [1.29, 1.82) is 0 Å². The second-order valence-electron chi connectivity index (χ2n) is 6.07. The molecular formula is C21H18N4O2. The van der Waals surface area contributed by atoms with Crippen LogP contribution >= 0.6 is 0 Å². The van der Waals surface area contributed by atoms with E-state index >= 15 is 0 Å². The summed E-state index contributed by atoms with van der Waals surface area (Å²) in [6.07, 6.45) is 3.65. The molecule has 0 bridgehead atoms. The average Bonchev–Trinajstić information content (AvgIpc) is 3.04. The summed E-state index contributed by atoms with van der Waals surface area (Å²) in [6.45, 7) is 1.95. The van der Waals surface area contributed by atoms with Crippen LogP contribution < -0.4 is 10.1 Å². The van der Waals surface area contributed by atoms with E-state index < -0.39 is 0 Å². The summed E-state index contributed by atoms with van der Waals surface area (Å²) in [7, 11) is 0. The van der Waals surface area contributed by atoms with Crippen molar-refractivity contribution < 1.29 is 9.53 Å². The first-order valence-electron chi connectivity index (χ1n) is 8.58. The lowest BCUT2D eigenvalue weighted by molar-refractivity contribution is -0.118. The Morgan fingerprint density at radius 3 is 2.78 bits per heavy atom. The predicted octanol–water partition coefficient (Wildman–Crippen LogP) is 3.72. The van der Waals surface area contributed by atoms with Gasteiger partial charge >= 0.3 is 0 Å². The van der Waals surface area contributed by atoms with Crippen LogP contribution in [0.25, 0.3) is 17.0 Å². The average molecular weight is 358 g/mol. The molecule has 2 aromatic heterocycles. The quantitative estimate of drug-likeness (QED) is 0.590. The lowest BCUT2D eigenvalue weighted by Crippen LogP contribution is -2.20. The van der Waals surface area contributed by atoms with Gasteiger partial charge in [0.2, 0.25) is 5.78 Å². The van der Waals surface area contributed by atoms with Crippen LogP contribution in [0.2, 0.25) is 0 Å². The van der Waals surface area contributed by atoms with E-state index in [9.17, 15) is 4.79 Å². The van der Waals surface area contributed by atoms with Gasteiger partial charge in [-0.25, -0.2) is 9.97 Å². The van der Waals surface area contributed by atoms with Gasteiger partial charge < -0.3 is 10.1 Å². The Bertz CT molecular complexity index is 1090. The molecule has 0 saturated heterocycles. The van der Waals surface area contributed by atoms with E-state index in [1.165, 1.54) is 0 Å². The minimum Gasteiger partial charge on any atom is -0.484 e. The topological polar surface area (TPSA) is 68.5 Å². The molecule has 0 radical (unpaired) electrons. The van der Waals surface area contributed by atoms with Crippen molar-refractivity contribution in [2.75, 3.05) is 11.9 Å². The Morgan fingerprint density at radius 1 is 1.11 bits per heavy atom. The number of hydrogen-bond donors (Lipinski definition) is 1. The molecule has 4 rings (SSSR count). The summed E-state index contributed by atoms with van der Waals surface area (Å²) < 4.78 is 7.42. The molecule has 0 aliphatic rings. The molecule has 1 amide bonds. The van der Waals surface area contributed by atoms with Gasteiger partial charge in [0, 0.05) is 29.3 Å². The number of anilines is 1. The number of carbonyl (C=O) groups is 1. The fourth-order valence-corrected chi connectivity index (χ4v) is 2.88. The summed E-state index contributed by atoms with van der Waals surface area (Å²) in [5.74, 6) is 1.09. The van der Waals surface area contributed by atoms with E-state index in [0.717, 1.165) is 17.0 Å². The summed E-state index contributed by atoms with van der Waals surface area (Å²) in [6, 6.07) is 18.7. The molecule has 134 valence electrons. The first-order valence-corrected chi connectivity index (χ1v) is 8.58. The third-order valence-electron chi connectivity index (χ3n) is 4.18. The van der Waals surface area contributed by atoms with Crippen molar-refractivity contribution >= 4 is 17.4 Å². The summed E-state index contributed by atoms with van der Waals surface area (Å²) in [5, 5.41) is 2.86. The number of nitrogens with one attached hydrogen (secondary N) is 1. The van der Waals surface area contributed by atoms with Crippen LogP contribution in [-0.2, 0) is 4.79 Å². The van der Waals surface area contributed by atoms with Gasteiger partial charge in [-0.15, -0.1) is 0 Å². The van der Waals surface area contributed by atoms with Crippen molar-refractivity contribution in [3.8, 4) is 17.0 Å². The zero-order valence-corrected chi connectivity index (χ0v) is 14.8. The van der Waals surface area contributed by atoms with Crippen LogP contribution in [0.1, 0.15) is 5.69 Å². The van der Waals surface area contributed by atoms with E-state index in [-0.39, 0.29) is 12.5 Å². The molecule has 1 N–H and O–H groups in total. The Morgan fingerprint density at radius 2 is 1.96 bits per heavy atom. The SMILES string of the molecule is Cc1c(-c2cccc(NC(=O)COc3ccccc3)c2)nc2ncccn12. The molecule has 0 unspecified atom stereocenters. The highest BCUT2D eigenvalue weighted by molar-refractivity contribution is 5.92. The van der Waals surface area contributed by atoms with Crippen molar-refractivity contribution in [1.82, 2.24) is 14.4 Å². The summed E-state index contributed by atoms with van der Waals surface area (Å²) in [4.78, 5) is 21.0. The molecule has 4 aromatic rings. The van der Waals surface area contributed by atoms with Gasteiger partial charge in [-0.05, 0) is 37.3 Å². The van der Waals surface area contributed by atoms with Crippen molar-refractivity contribution in [3.63, 3.8) is 0 Å². The number of imidazole rings is 1. The third kappa shape index (κ3) is 3.64. The summed E-state index contributed by atoms with van der Waals surface area (Å²) >= 11 is 0. The number of amides is 1. The number of nitrogens with zero attached hydrogens (tertiary/aromatic N) is 3. The Hall–Kier alpha value is -3.67. The van der Waals surface area contributed by atoms with Crippen molar-refractivity contribution in [2.45, 2.75) is 6.92 Å². The van der Waals surface area contributed by atoms with Gasteiger partial charge in [0.05, 0.1) is 5.69 Å². The Balaban J connectivity index is 1.50. The van der Waals surface area contributed by atoms with E-state index in [2.05, 4.69) is 15.3 Å². The fourth-order valence-electron chi connectivity index (χ4n) is 2.88. The van der Waals surface area contributed by atoms with Crippen LogP contribution in [0.3, 0.4) is 0 Å². The number of ether oxygens (including phenoxy) is 1. The number of rotatable bonds is 5. The molecule has 0 aliphatic heterocycles. The number of aromatic nitrogens is 3. The number of aryl methyl sites for hydroxylation is 1. The lowest BCUT2D eigenvalue weighted by Gasteiger charge is -2.08. The molecular weight excluding hydrogens is 340 g/mol. The van der Waals surface area contributed by atoms with E-state index in [1.807, 2.05) is 78.2 Å². The third-order valence-corrected chi connectivity index (χ3v) is 4.18. The maximum Gasteiger partial charge on any atom is 0.262 e. The van der Waals surface area contributed by atoms with Crippen LogP contribution in [0, 0.1) is 6.92 Å². The second kappa shape index (κ2) is 7.29. The maximum atomic E-state index is 12.2. The fraction of sp³-hybridized carbons (Fsp3) is 0.0952. The van der Waals surface area contributed by atoms with Gasteiger partial charge in [0.25, 0.3) is 5.91 Å². The molecule has 0 aliphatic carbocycles. The minimum atomic E-state index is -0.218. The standard InChI is InChI=1S/C21H18N4O2/c1-15-20(24-21-22-11-6-12-25(15)21)16-7-5-8-17(13-16)23-19(26)14-27-18-9-3-2-4-10-18/h2-13H,14H2,1H3,(H,23,26). The zero-order chi connectivity index (χ0) is 18.6. The van der Waals surface area contributed by atoms with Crippen LogP contribution in [0.4, 0.5) is 5.69 Å². The van der Waals surface area contributed by atoms with Crippen LogP contribution in [-0.4, -0.2) is 26.9 Å². The highest BCUT2D eigenvalue weighted by Gasteiger charge is 2.12. The first-order chi connectivity index (χ1) is 13.2. The molecule has 0 atom stereocenters. The molecule has 2 heterocycles. The Kier molecular flexibility index (Phi) is 4.53. The molecule has 27 heavy (non-hydrogen) atoms. The van der Waals surface area contributed by atoms with Gasteiger partial charge in [-0.1, -0.05) is 30.3 Å².